The smallest absolute Gasteiger partial charge is 0.256 e. The first-order valence-corrected chi connectivity index (χ1v) is 11.6. The van der Waals surface area contributed by atoms with Gasteiger partial charge in [-0.15, -0.1) is 10.2 Å². The van der Waals surface area contributed by atoms with Crippen LogP contribution in [0.15, 0.2) is 30.3 Å². The molecule has 6 nitrogen and oxygen atoms in total. The molecule has 2 aliphatic rings. The molecule has 31 heavy (non-hydrogen) atoms. The molecule has 0 radical (unpaired) electrons. The standard InChI is InChI=1S/C24H28ClN5O/c1-16-15-20(17(2)30(16)19-11-9-18(25)10-12-19)24(31)28-14-6-7-21(28)23-27-26-22-8-4-3-5-13-29(22)23/h9-12,15,21H,3-8,13-14H2,1-2H3. The highest BCUT2D eigenvalue weighted by molar-refractivity contribution is 6.30. The fraction of sp³-hybridized carbons (Fsp3) is 0.458. The van der Waals surface area contributed by atoms with E-state index in [2.05, 4.69) is 19.3 Å². The van der Waals surface area contributed by atoms with Crippen LogP contribution in [-0.2, 0) is 13.0 Å². The van der Waals surface area contributed by atoms with E-state index in [1.807, 2.05) is 49.1 Å². The van der Waals surface area contributed by atoms with Crippen molar-refractivity contribution in [1.29, 1.82) is 0 Å². The summed E-state index contributed by atoms with van der Waals surface area (Å²) in [7, 11) is 0. The molecule has 1 unspecified atom stereocenters. The van der Waals surface area contributed by atoms with Gasteiger partial charge in [-0.1, -0.05) is 18.0 Å². The minimum absolute atomic E-state index is 0.00504. The zero-order chi connectivity index (χ0) is 21.5. The Hall–Kier alpha value is -2.60. The summed E-state index contributed by atoms with van der Waals surface area (Å²) in [6.45, 7) is 5.78. The number of halogens is 1. The summed E-state index contributed by atoms with van der Waals surface area (Å²) in [6, 6.07) is 9.74. The summed E-state index contributed by atoms with van der Waals surface area (Å²) in [5.41, 5.74) is 3.76. The van der Waals surface area contributed by atoms with Gasteiger partial charge in [-0.3, -0.25) is 4.79 Å². The molecule has 0 saturated carbocycles. The SMILES string of the molecule is Cc1cc(C(=O)N2CCCC2c2nnc3n2CCCCC3)c(C)n1-c1ccc(Cl)cc1. The summed E-state index contributed by atoms with van der Waals surface area (Å²) < 4.78 is 4.40. The number of rotatable bonds is 3. The number of aryl methyl sites for hydroxylation is 2. The van der Waals surface area contributed by atoms with Gasteiger partial charge in [0.05, 0.1) is 11.6 Å². The Bertz CT molecular complexity index is 1110. The van der Waals surface area contributed by atoms with E-state index in [4.69, 9.17) is 11.6 Å². The van der Waals surface area contributed by atoms with E-state index in [1.54, 1.807) is 0 Å². The highest BCUT2D eigenvalue weighted by atomic mass is 35.5. The van der Waals surface area contributed by atoms with E-state index in [9.17, 15) is 4.79 Å². The average Bonchev–Trinajstić information content (AvgIpc) is 3.42. The van der Waals surface area contributed by atoms with Crippen molar-refractivity contribution in [2.24, 2.45) is 0 Å². The Morgan fingerprint density at radius 2 is 1.84 bits per heavy atom. The Morgan fingerprint density at radius 1 is 1.03 bits per heavy atom. The topological polar surface area (TPSA) is 56.0 Å². The largest absolute Gasteiger partial charge is 0.328 e. The van der Waals surface area contributed by atoms with Crippen molar-refractivity contribution >= 4 is 17.5 Å². The third-order valence-corrected chi connectivity index (χ3v) is 6.95. The molecule has 5 rings (SSSR count). The summed E-state index contributed by atoms with van der Waals surface area (Å²) in [6.07, 6.45) is 6.47. The number of carbonyl (C=O) groups excluding carboxylic acids is 1. The Kier molecular flexibility index (Phi) is 5.34. The maximum absolute atomic E-state index is 13.7. The second kappa shape index (κ2) is 8.15. The van der Waals surface area contributed by atoms with Crippen molar-refractivity contribution in [1.82, 2.24) is 24.2 Å². The Morgan fingerprint density at radius 3 is 2.65 bits per heavy atom. The van der Waals surface area contributed by atoms with Gasteiger partial charge >= 0.3 is 0 Å². The van der Waals surface area contributed by atoms with E-state index < -0.39 is 0 Å². The number of benzene rings is 1. The van der Waals surface area contributed by atoms with Crippen LogP contribution in [-0.4, -0.2) is 36.7 Å². The Labute approximate surface area is 187 Å². The lowest BCUT2D eigenvalue weighted by atomic mass is 10.1. The molecule has 4 heterocycles. The van der Waals surface area contributed by atoms with Crippen molar-refractivity contribution in [3.05, 3.63) is 64.0 Å². The number of hydrogen-bond acceptors (Lipinski definition) is 3. The monoisotopic (exact) mass is 437 g/mol. The van der Waals surface area contributed by atoms with Crippen LogP contribution in [0.3, 0.4) is 0 Å². The van der Waals surface area contributed by atoms with Crippen molar-refractivity contribution in [2.75, 3.05) is 6.54 Å². The second-order valence-corrected chi connectivity index (χ2v) is 9.13. The molecule has 1 saturated heterocycles. The van der Waals surface area contributed by atoms with Gasteiger partial charge in [0.1, 0.15) is 5.82 Å². The molecule has 0 aliphatic carbocycles. The fourth-order valence-corrected chi connectivity index (χ4v) is 5.28. The molecule has 1 amide bonds. The van der Waals surface area contributed by atoms with Gasteiger partial charge in [-0.05, 0) is 69.9 Å². The zero-order valence-electron chi connectivity index (χ0n) is 18.1. The van der Waals surface area contributed by atoms with E-state index in [1.165, 1.54) is 12.8 Å². The number of likely N-dealkylation sites (tertiary alicyclic amines) is 1. The quantitative estimate of drug-likeness (QED) is 0.576. The Balaban J connectivity index is 1.47. The highest BCUT2D eigenvalue weighted by Gasteiger charge is 2.36. The van der Waals surface area contributed by atoms with Crippen LogP contribution in [0.25, 0.3) is 5.69 Å². The van der Waals surface area contributed by atoms with Crippen molar-refractivity contribution in [2.45, 2.75) is 65.0 Å². The predicted molar refractivity (Wildman–Crippen MR) is 121 cm³/mol. The molecule has 0 bridgehead atoms. The van der Waals surface area contributed by atoms with E-state index in [0.29, 0.717) is 5.02 Å². The number of hydrogen-bond donors (Lipinski definition) is 0. The molecule has 2 aliphatic heterocycles. The number of fused-ring (bicyclic) bond motifs is 1. The molecule has 1 fully saturated rings. The lowest BCUT2D eigenvalue weighted by molar-refractivity contribution is 0.0726. The van der Waals surface area contributed by atoms with Gasteiger partial charge in [-0.2, -0.15) is 0 Å². The van der Waals surface area contributed by atoms with E-state index >= 15 is 0 Å². The van der Waals surface area contributed by atoms with Gasteiger partial charge < -0.3 is 14.0 Å². The number of amides is 1. The minimum Gasteiger partial charge on any atom is -0.328 e. The molecular weight excluding hydrogens is 410 g/mol. The van der Waals surface area contributed by atoms with Crippen molar-refractivity contribution < 1.29 is 4.79 Å². The third kappa shape index (κ3) is 3.57. The summed E-state index contributed by atoms with van der Waals surface area (Å²) in [4.78, 5) is 15.7. The molecule has 3 aromatic rings. The molecule has 0 N–H and O–H groups in total. The molecule has 0 spiro atoms. The van der Waals surface area contributed by atoms with E-state index in [-0.39, 0.29) is 11.9 Å². The number of nitrogens with zero attached hydrogens (tertiary/aromatic N) is 5. The van der Waals surface area contributed by atoms with Gasteiger partial charge in [0.2, 0.25) is 0 Å². The van der Waals surface area contributed by atoms with Crippen LogP contribution in [0.1, 0.15) is 71.5 Å². The molecule has 2 aromatic heterocycles. The average molecular weight is 438 g/mol. The van der Waals surface area contributed by atoms with Gasteiger partial charge in [-0.25, -0.2) is 0 Å². The summed E-state index contributed by atoms with van der Waals surface area (Å²) in [5.74, 6) is 2.13. The van der Waals surface area contributed by atoms with E-state index in [0.717, 1.165) is 73.1 Å². The molecule has 7 heteroatoms. The third-order valence-electron chi connectivity index (χ3n) is 6.70. The fourth-order valence-electron chi connectivity index (χ4n) is 5.15. The van der Waals surface area contributed by atoms with Gasteiger partial charge in [0.15, 0.2) is 5.82 Å². The first-order valence-electron chi connectivity index (χ1n) is 11.2. The van der Waals surface area contributed by atoms with Crippen LogP contribution < -0.4 is 0 Å². The van der Waals surface area contributed by atoms with Crippen LogP contribution >= 0.6 is 11.6 Å². The lowest BCUT2D eigenvalue weighted by Crippen LogP contribution is -2.32. The first kappa shape index (κ1) is 20.3. The van der Waals surface area contributed by atoms with Crippen LogP contribution in [0.5, 0.6) is 0 Å². The van der Waals surface area contributed by atoms with Crippen LogP contribution in [0, 0.1) is 13.8 Å². The van der Waals surface area contributed by atoms with Gasteiger partial charge in [0, 0.05) is 41.6 Å². The van der Waals surface area contributed by atoms with Gasteiger partial charge in [0.25, 0.3) is 5.91 Å². The van der Waals surface area contributed by atoms with Crippen LogP contribution in [0.4, 0.5) is 0 Å². The number of carbonyl (C=O) groups is 1. The van der Waals surface area contributed by atoms with Crippen molar-refractivity contribution in [3.8, 4) is 5.69 Å². The maximum Gasteiger partial charge on any atom is 0.256 e. The molecular formula is C24H28ClN5O. The first-order chi connectivity index (χ1) is 15.0. The molecule has 1 aromatic carbocycles. The second-order valence-electron chi connectivity index (χ2n) is 8.69. The molecule has 1 atom stereocenters. The predicted octanol–water partition coefficient (Wildman–Crippen LogP) is 5.04. The minimum atomic E-state index is 0.00504. The number of aromatic nitrogens is 4. The highest BCUT2D eigenvalue weighted by Crippen LogP contribution is 2.34. The normalized spacial score (nSPS) is 18.8. The van der Waals surface area contributed by atoms with Crippen LogP contribution in [0.2, 0.25) is 5.02 Å². The molecule has 162 valence electrons. The lowest BCUT2D eigenvalue weighted by Gasteiger charge is -2.25. The maximum atomic E-state index is 13.7. The summed E-state index contributed by atoms with van der Waals surface area (Å²) >= 11 is 6.06. The zero-order valence-corrected chi connectivity index (χ0v) is 18.9. The summed E-state index contributed by atoms with van der Waals surface area (Å²) in [5, 5.41) is 9.72. The van der Waals surface area contributed by atoms with Crippen molar-refractivity contribution in [3.63, 3.8) is 0 Å².